The first-order valence-corrected chi connectivity index (χ1v) is 9.49. The summed E-state index contributed by atoms with van der Waals surface area (Å²) in [4.78, 5) is 14.9. The van der Waals surface area contributed by atoms with Gasteiger partial charge in [-0.15, -0.1) is 0 Å². The minimum atomic E-state index is -0.0561. The van der Waals surface area contributed by atoms with Crippen LogP contribution in [0.15, 0.2) is 53.1 Å². The normalized spacial score (nSPS) is 13.6. The molecule has 27 heavy (non-hydrogen) atoms. The first-order valence-electron chi connectivity index (χ1n) is 9.11. The highest BCUT2D eigenvalue weighted by atomic mass is 35.5. The lowest BCUT2D eigenvalue weighted by Gasteiger charge is -2.21. The fourth-order valence-corrected chi connectivity index (χ4v) is 3.45. The molecule has 1 aliphatic carbocycles. The molecular formula is C22H21ClN2O2. The Balaban J connectivity index is 1.59. The van der Waals surface area contributed by atoms with Gasteiger partial charge in [-0.25, -0.2) is 0 Å². The summed E-state index contributed by atoms with van der Waals surface area (Å²) in [5, 5.41) is 4.69. The van der Waals surface area contributed by atoms with Crippen LogP contribution in [0, 0.1) is 13.8 Å². The van der Waals surface area contributed by atoms with Gasteiger partial charge in [-0.3, -0.25) is 4.79 Å². The summed E-state index contributed by atoms with van der Waals surface area (Å²) in [7, 11) is 0. The topological polar surface area (TPSA) is 46.3 Å². The van der Waals surface area contributed by atoms with Crippen LogP contribution in [-0.2, 0) is 6.54 Å². The number of carbonyl (C=O) groups is 1. The molecule has 138 valence electrons. The van der Waals surface area contributed by atoms with Crippen LogP contribution in [0.5, 0.6) is 0 Å². The fourth-order valence-electron chi connectivity index (χ4n) is 3.23. The average molecular weight is 381 g/mol. The van der Waals surface area contributed by atoms with Gasteiger partial charge in [0.2, 0.25) is 0 Å². The number of aryl methyl sites for hydroxylation is 2. The molecule has 0 saturated heterocycles. The van der Waals surface area contributed by atoms with E-state index in [4.69, 9.17) is 16.1 Å². The minimum absolute atomic E-state index is 0.0561. The van der Waals surface area contributed by atoms with Crippen molar-refractivity contribution in [2.75, 3.05) is 0 Å². The number of rotatable bonds is 5. The van der Waals surface area contributed by atoms with Crippen LogP contribution >= 0.6 is 11.6 Å². The number of nitrogens with zero attached hydrogens (tertiary/aromatic N) is 2. The van der Waals surface area contributed by atoms with Crippen LogP contribution in [0.2, 0.25) is 5.02 Å². The fraction of sp³-hybridized carbons (Fsp3) is 0.273. The van der Waals surface area contributed by atoms with Gasteiger partial charge in [-0.05, 0) is 50.5 Å². The predicted molar refractivity (Wildman–Crippen MR) is 106 cm³/mol. The van der Waals surface area contributed by atoms with E-state index in [0.717, 1.165) is 35.4 Å². The van der Waals surface area contributed by atoms with E-state index < -0.39 is 0 Å². The maximum atomic E-state index is 13.0. The zero-order valence-corrected chi connectivity index (χ0v) is 16.2. The molecule has 1 fully saturated rings. The summed E-state index contributed by atoms with van der Waals surface area (Å²) in [6.45, 7) is 4.52. The van der Waals surface area contributed by atoms with Crippen molar-refractivity contribution in [2.45, 2.75) is 39.3 Å². The molecule has 0 N–H and O–H groups in total. The van der Waals surface area contributed by atoms with Gasteiger partial charge in [-0.2, -0.15) is 0 Å². The van der Waals surface area contributed by atoms with Crippen LogP contribution in [-0.4, -0.2) is 22.0 Å². The molecule has 4 rings (SSSR count). The third kappa shape index (κ3) is 3.76. The quantitative estimate of drug-likeness (QED) is 0.594. The van der Waals surface area contributed by atoms with Crippen LogP contribution in [0.4, 0.5) is 0 Å². The molecule has 0 spiro atoms. The zero-order chi connectivity index (χ0) is 19.0. The maximum absolute atomic E-state index is 13.0. The van der Waals surface area contributed by atoms with Crippen molar-refractivity contribution in [1.82, 2.24) is 10.1 Å². The highest BCUT2D eigenvalue weighted by Crippen LogP contribution is 2.32. The largest absolute Gasteiger partial charge is 0.356 e. The summed E-state index contributed by atoms with van der Waals surface area (Å²) in [6.07, 6.45) is 2.02. The molecule has 4 nitrogen and oxygen atoms in total. The molecule has 1 amide bonds. The lowest BCUT2D eigenvalue weighted by atomic mass is 10.0. The Bertz CT molecular complexity index is 991. The van der Waals surface area contributed by atoms with Crippen molar-refractivity contribution < 1.29 is 9.32 Å². The van der Waals surface area contributed by atoms with Crippen molar-refractivity contribution in [1.29, 1.82) is 0 Å². The lowest BCUT2D eigenvalue weighted by Crippen LogP contribution is -2.32. The van der Waals surface area contributed by atoms with Gasteiger partial charge in [0.1, 0.15) is 5.69 Å². The van der Waals surface area contributed by atoms with Gasteiger partial charge < -0.3 is 9.42 Å². The van der Waals surface area contributed by atoms with E-state index in [1.807, 2.05) is 30.0 Å². The first kappa shape index (κ1) is 17.8. The van der Waals surface area contributed by atoms with E-state index in [2.05, 4.69) is 30.3 Å². The molecule has 3 aromatic rings. The number of hydrogen-bond acceptors (Lipinski definition) is 3. The molecule has 1 aliphatic rings. The zero-order valence-electron chi connectivity index (χ0n) is 15.4. The minimum Gasteiger partial charge on any atom is -0.356 e. The van der Waals surface area contributed by atoms with E-state index in [9.17, 15) is 4.79 Å². The molecule has 1 aromatic heterocycles. The number of aromatic nitrogens is 1. The molecule has 5 heteroatoms. The average Bonchev–Trinajstić information content (AvgIpc) is 3.40. The Morgan fingerprint density at radius 2 is 1.96 bits per heavy atom. The Hall–Kier alpha value is -2.59. The molecule has 2 aromatic carbocycles. The number of carbonyl (C=O) groups excluding carboxylic acids is 1. The Morgan fingerprint density at radius 3 is 2.70 bits per heavy atom. The molecule has 0 aliphatic heterocycles. The smallest absolute Gasteiger partial charge is 0.255 e. The van der Waals surface area contributed by atoms with Crippen molar-refractivity contribution in [2.24, 2.45) is 0 Å². The summed E-state index contributed by atoms with van der Waals surface area (Å²) in [6, 6.07) is 15.6. The van der Waals surface area contributed by atoms with E-state index in [1.165, 1.54) is 5.56 Å². The van der Waals surface area contributed by atoms with Gasteiger partial charge in [0.25, 0.3) is 5.91 Å². The number of amides is 1. The molecule has 0 radical (unpaired) electrons. The molecule has 1 heterocycles. The number of benzene rings is 2. The molecule has 0 unspecified atom stereocenters. The van der Waals surface area contributed by atoms with Gasteiger partial charge >= 0.3 is 0 Å². The molecule has 0 bridgehead atoms. The van der Waals surface area contributed by atoms with Crippen LogP contribution < -0.4 is 0 Å². The van der Waals surface area contributed by atoms with E-state index >= 15 is 0 Å². The first-order chi connectivity index (χ1) is 13.0. The monoisotopic (exact) mass is 380 g/mol. The van der Waals surface area contributed by atoms with Crippen molar-refractivity contribution in [3.05, 3.63) is 75.9 Å². The SMILES string of the molecule is Cc1ccc(C)c(-c2cc(CN(C(=O)c3ccccc3Cl)C3CC3)no2)c1. The maximum Gasteiger partial charge on any atom is 0.255 e. The van der Waals surface area contributed by atoms with Crippen LogP contribution in [0.25, 0.3) is 11.3 Å². The van der Waals surface area contributed by atoms with Gasteiger partial charge in [0, 0.05) is 17.7 Å². The summed E-state index contributed by atoms with van der Waals surface area (Å²) < 4.78 is 5.58. The molecule has 0 atom stereocenters. The third-order valence-corrected chi connectivity index (χ3v) is 5.23. The van der Waals surface area contributed by atoms with E-state index in [1.54, 1.807) is 12.1 Å². The van der Waals surface area contributed by atoms with Gasteiger partial charge in [0.05, 0.1) is 17.1 Å². The summed E-state index contributed by atoms with van der Waals surface area (Å²) in [5.41, 5.74) is 4.61. The Kier molecular flexibility index (Phi) is 4.75. The van der Waals surface area contributed by atoms with Crippen LogP contribution in [0.1, 0.15) is 40.0 Å². The molecular weight excluding hydrogens is 360 g/mol. The van der Waals surface area contributed by atoms with E-state index in [-0.39, 0.29) is 11.9 Å². The second kappa shape index (κ2) is 7.20. The van der Waals surface area contributed by atoms with Gasteiger partial charge in [0.15, 0.2) is 5.76 Å². The highest BCUT2D eigenvalue weighted by Gasteiger charge is 2.34. The van der Waals surface area contributed by atoms with Crippen molar-refractivity contribution in [3.63, 3.8) is 0 Å². The second-order valence-corrected chi connectivity index (χ2v) is 7.55. The third-order valence-electron chi connectivity index (χ3n) is 4.90. The Labute approximate surface area is 163 Å². The number of hydrogen-bond donors (Lipinski definition) is 0. The van der Waals surface area contributed by atoms with Gasteiger partial charge in [-0.1, -0.05) is 46.6 Å². The predicted octanol–water partition coefficient (Wildman–Crippen LogP) is 5.42. The number of halogens is 1. The Morgan fingerprint density at radius 1 is 1.19 bits per heavy atom. The van der Waals surface area contributed by atoms with E-state index in [0.29, 0.717) is 17.1 Å². The van der Waals surface area contributed by atoms with Crippen molar-refractivity contribution in [3.8, 4) is 11.3 Å². The molecule has 1 saturated carbocycles. The lowest BCUT2D eigenvalue weighted by molar-refractivity contribution is 0.0726. The second-order valence-electron chi connectivity index (χ2n) is 7.14. The summed E-state index contributed by atoms with van der Waals surface area (Å²) >= 11 is 6.23. The van der Waals surface area contributed by atoms with Crippen LogP contribution in [0.3, 0.4) is 0 Å². The van der Waals surface area contributed by atoms with Crippen molar-refractivity contribution >= 4 is 17.5 Å². The summed E-state index contributed by atoms with van der Waals surface area (Å²) in [5.74, 6) is 0.673. The highest BCUT2D eigenvalue weighted by molar-refractivity contribution is 6.33. The standard InChI is InChI=1S/C22H21ClN2O2/c1-14-7-8-15(2)19(11-14)21-12-16(24-27-21)13-25(17-9-10-17)22(26)18-5-3-4-6-20(18)23/h3-8,11-12,17H,9-10,13H2,1-2H3.